The molecule has 3 rings (SSSR count). The predicted octanol–water partition coefficient (Wildman–Crippen LogP) is 1.86. The van der Waals surface area contributed by atoms with E-state index in [1.807, 2.05) is 0 Å². The van der Waals surface area contributed by atoms with Gasteiger partial charge in [-0.05, 0) is 25.3 Å². The summed E-state index contributed by atoms with van der Waals surface area (Å²) in [6.07, 6.45) is 3.13. The van der Waals surface area contributed by atoms with E-state index in [9.17, 15) is 13.6 Å². The van der Waals surface area contributed by atoms with Gasteiger partial charge in [-0.3, -0.25) is 4.79 Å². The topological polar surface area (TPSA) is 32.3 Å². The molecule has 1 aromatic rings. The van der Waals surface area contributed by atoms with Crippen LogP contribution in [-0.4, -0.2) is 36.0 Å². The first-order valence-corrected chi connectivity index (χ1v) is 7.10. The maximum Gasteiger partial charge on any atom is 0.227 e. The fourth-order valence-corrected chi connectivity index (χ4v) is 3.13. The minimum absolute atomic E-state index is 0.0685. The number of nitrogens with zero attached hydrogens (tertiary/aromatic N) is 1. The molecule has 0 spiro atoms. The summed E-state index contributed by atoms with van der Waals surface area (Å²) in [5.74, 6) is -1.92. The summed E-state index contributed by atoms with van der Waals surface area (Å²) >= 11 is 0. The van der Waals surface area contributed by atoms with E-state index >= 15 is 0 Å². The van der Waals surface area contributed by atoms with Crippen molar-refractivity contribution < 1.29 is 13.6 Å². The number of rotatable bonds is 2. The number of benzene rings is 1. The van der Waals surface area contributed by atoms with Gasteiger partial charge in [0.1, 0.15) is 0 Å². The Labute approximate surface area is 117 Å². The lowest BCUT2D eigenvalue weighted by atomic mass is 10.1. The van der Waals surface area contributed by atoms with Crippen LogP contribution >= 0.6 is 0 Å². The van der Waals surface area contributed by atoms with Crippen molar-refractivity contribution in [3.05, 3.63) is 35.4 Å². The molecule has 2 aliphatic rings. The molecule has 2 bridgehead atoms. The van der Waals surface area contributed by atoms with Crippen LogP contribution in [0.25, 0.3) is 0 Å². The highest BCUT2D eigenvalue weighted by molar-refractivity contribution is 5.79. The van der Waals surface area contributed by atoms with Gasteiger partial charge in [-0.25, -0.2) is 8.78 Å². The van der Waals surface area contributed by atoms with Gasteiger partial charge in [-0.15, -0.1) is 0 Å². The standard InChI is InChI=1S/C15H18F2N2O/c16-13-3-1-2-10(15(13)17)8-14(20)19-7-6-11-4-5-12(9-19)18-11/h1-3,11-12,18H,4-9H2. The van der Waals surface area contributed by atoms with Crippen LogP contribution in [0.5, 0.6) is 0 Å². The molecule has 2 atom stereocenters. The van der Waals surface area contributed by atoms with Gasteiger partial charge < -0.3 is 10.2 Å². The van der Waals surface area contributed by atoms with Crippen LogP contribution in [0.2, 0.25) is 0 Å². The summed E-state index contributed by atoms with van der Waals surface area (Å²) in [5, 5.41) is 3.49. The number of nitrogens with one attached hydrogen (secondary N) is 1. The first kappa shape index (κ1) is 13.5. The van der Waals surface area contributed by atoms with Crippen LogP contribution in [0.3, 0.4) is 0 Å². The van der Waals surface area contributed by atoms with Gasteiger partial charge in [-0.1, -0.05) is 12.1 Å². The van der Waals surface area contributed by atoms with Gasteiger partial charge in [0.25, 0.3) is 0 Å². The van der Waals surface area contributed by atoms with E-state index in [1.165, 1.54) is 18.6 Å². The molecule has 2 heterocycles. The normalized spacial score (nSPS) is 25.6. The summed E-state index contributed by atoms with van der Waals surface area (Å²) in [5.41, 5.74) is 0.136. The summed E-state index contributed by atoms with van der Waals surface area (Å²) in [7, 11) is 0. The molecule has 2 unspecified atom stereocenters. The van der Waals surface area contributed by atoms with E-state index in [0.29, 0.717) is 25.2 Å². The van der Waals surface area contributed by atoms with E-state index < -0.39 is 11.6 Å². The molecular weight excluding hydrogens is 262 g/mol. The molecule has 0 saturated carbocycles. The number of carbonyl (C=O) groups excluding carboxylic acids is 1. The molecule has 2 fully saturated rings. The van der Waals surface area contributed by atoms with Crippen molar-refractivity contribution in [2.45, 2.75) is 37.8 Å². The van der Waals surface area contributed by atoms with Crippen molar-refractivity contribution in [3.63, 3.8) is 0 Å². The molecule has 1 amide bonds. The van der Waals surface area contributed by atoms with Gasteiger partial charge in [0.05, 0.1) is 6.42 Å². The molecule has 1 N–H and O–H groups in total. The number of halogens is 2. The molecule has 2 aliphatic heterocycles. The number of likely N-dealkylation sites (tertiary alicyclic amines) is 1. The molecule has 2 saturated heterocycles. The molecular formula is C15H18F2N2O. The van der Waals surface area contributed by atoms with Crippen LogP contribution in [0, 0.1) is 11.6 Å². The highest BCUT2D eigenvalue weighted by Crippen LogP contribution is 2.21. The van der Waals surface area contributed by atoms with Crippen LogP contribution in [-0.2, 0) is 11.2 Å². The van der Waals surface area contributed by atoms with E-state index in [0.717, 1.165) is 18.9 Å². The Hall–Kier alpha value is -1.49. The van der Waals surface area contributed by atoms with Gasteiger partial charge in [0.15, 0.2) is 11.6 Å². The SMILES string of the molecule is O=C(Cc1cccc(F)c1F)N1CCC2CCC(C1)N2. The monoisotopic (exact) mass is 280 g/mol. The zero-order valence-electron chi connectivity index (χ0n) is 11.2. The Morgan fingerprint density at radius 1 is 1.25 bits per heavy atom. The van der Waals surface area contributed by atoms with E-state index in [-0.39, 0.29) is 17.9 Å². The molecule has 0 radical (unpaired) electrons. The van der Waals surface area contributed by atoms with Crippen LogP contribution < -0.4 is 5.32 Å². The summed E-state index contributed by atoms with van der Waals surface area (Å²) in [6.45, 7) is 1.37. The van der Waals surface area contributed by atoms with Crippen molar-refractivity contribution in [2.75, 3.05) is 13.1 Å². The van der Waals surface area contributed by atoms with Crippen molar-refractivity contribution >= 4 is 5.91 Å². The summed E-state index contributed by atoms with van der Waals surface area (Å²) in [6, 6.07) is 4.83. The minimum atomic E-state index is -0.907. The van der Waals surface area contributed by atoms with Crippen LogP contribution in [0.15, 0.2) is 18.2 Å². The second-order valence-electron chi connectivity index (χ2n) is 5.66. The highest BCUT2D eigenvalue weighted by Gasteiger charge is 2.31. The van der Waals surface area contributed by atoms with Gasteiger partial charge >= 0.3 is 0 Å². The molecule has 20 heavy (non-hydrogen) atoms. The molecule has 3 nitrogen and oxygen atoms in total. The highest BCUT2D eigenvalue weighted by atomic mass is 19.2. The smallest absolute Gasteiger partial charge is 0.227 e. The number of hydrogen-bond acceptors (Lipinski definition) is 2. The summed E-state index contributed by atoms with van der Waals surface area (Å²) in [4.78, 5) is 14.0. The Balaban J connectivity index is 1.68. The second-order valence-corrected chi connectivity index (χ2v) is 5.66. The van der Waals surface area contributed by atoms with E-state index in [2.05, 4.69) is 5.32 Å². The van der Waals surface area contributed by atoms with Crippen molar-refractivity contribution in [1.29, 1.82) is 0 Å². The third-order valence-electron chi connectivity index (χ3n) is 4.25. The third-order valence-corrected chi connectivity index (χ3v) is 4.25. The Bertz CT molecular complexity index is 521. The maximum atomic E-state index is 13.6. The predicted molar refractivity (Wildman–Crippen MR) is 71.2 cm³/mol. The fraction of sp³-hybridized carbons (Fsp3) is 0.533. The third kappa shape index (κ3) is 2.68. The Morgan fingerprint density at radius 2 is 2.05 bits per heavy atom. The van der Waals surface area contributed by atoms with Crippen LogP contribution in [0.4, 0.5) is 8.78 Å². The average molecular weight is 280 g/mol. The van der Waals surface area contributed by atoms with E-state index in [1.54, 1.807) is 4.90 Å². The Kier molecular flexibility index (Phi) is 3.70. The maximum absolute atomic E-state index is 13.6. The van der Waals surface area contributed by atoms with Crippen molar-refractivity contribution in [2.24, 2.45) is 0 Å². The lowest BCUT2D eigenvalue weighted by molar-refractivity contribution is -0.130. The number of fused-ring (bicyclic) bond motifs is 2. The number of hydrogen-bond donors (Lipinski definition) is 1. The fourth-order valence-electron chi connectivity index (χ4n) is 3.13. The molecule has 0 aliphatic carbocycles. The quantitative estimate of drug-likeness (QED) is 0.897. The minimum Gasteiger partial charge on any atom is -0.341 e. The average Bonchev–Trinajstić information content (AvgIpc) is 2.74. The van der Waals surface area contributed by atoms with Gasteiger partial charge in [0, 0.05) is 30.7 Å². The Morgan fingerprint density at radius 3 is 2.90 bits per heavy atom. The zero-order chi connectivity index (χ0) is 14.1. The second kappa shape index (κ2) is 5.48. The largest absolute Gasteiger partial charge is 0.341 e. The zero-order valence-corrected chi connectivity index (χ0v) is 11.2. The van der Waals surface area contributed by atoms with Gasteiger partial charge in [0.2, 0.25) is 5.91 Å². The van der Waals surface area contributed by atoms with Crippen molar-refractivity contribution in [3.8, 4) is 0 Å². The molecule has 0 aromatic heterocycles. The van der Waals surface area contributed by atoms with E-state index in [4.69, 9.17) is 0 Å². The molecule has 5 heteroatoms. The number of carbonyl (C=O) groups is 1. The van der Waals surface area contributed by atoms with Crippen LogP contribution in [0.1, 0.15) is 24.8 Å². The number of amides is 1. The summed E-state index contributed by atoms with van der Waals surface area (Å²) < 4.78 is 26.8. The van der Waals surface area contributed by atoms with Gasteiger partial charge in [-0.2, -0.15) is 0 Å². The van der Waals surface area contributed by atoms with Crippen molar-refractivity contribution in [1.82, 2.24) is 10.2 Å². The molecule has 108 valence electrons. The first-order valence-electron chi connectivity index (χ1n) is 7.10. The lowest BCUT2D eigenvalue weighted by Gasteiger charge is -2.24. The molecule has 1 aromatic carbocycles. The first-order chi connectivity index (χ1) is 9.63. The lowest BCUT2D eigenvalue weighted by Crippen LogP contribution is -2.39.